The molecule has 0 bridgehead atoms. The lowest BCUT2D eigenvalue weighted by Crippen LogP contribution is -2.05. The first-order valence-electron chi connectivity index (χ1n) is 7.47. The molecule has 3 aromatic rings. The molecule has 0 atom stereocenters. The molecule has 3 nitrogen and oxygen atoms in total. The van der Waals surface area contributed by atoms with Crippen LogP contribution < -0.4 is 0 Å². The van der Waals surface area contributed by atoms with Gasteiger partial charge in [0.2, 0.25) is 5.82 Å². The number of aryl methyl sites for hydroxylation is 1. The van der Waals surface area contributed by atoms with Crippen molar-refractivity contribution in [3.8, 4) is 22.8 Å². The van der Waals surface area contributed by atoms with Crippen LogP contribution in [0.4, 0.5) is 22.0 Å². The van der Waals surface area contributed by atoms with Crippen LogP contribution >= 0.6 is 0 Å². The van der Waals surface area contributed by atoms with Gasteiger partial charge in [0.1, 0.15) is 0 Å². The maximum atomic E-state index is 14.0. The Hall–Kier alpha value is -2.77. The molecular formula is C17H12F5N3. The normalized spacial score (nSPS) is 11.1. The first-order chi connectivity index (χ1) is 12.0. The summed E-state index contributed by atoms with van der Waals surface area (Å²) in [5.41, 5.74) is -0.526. The minimum Gasteiger partial charge on any atom is -0.245 e. The number of benzene rings is 2. The second-order valence-corrected chi connectivity index (χ2v) is 5.29. The summed E-state index contributed by atoms with van der Waals surface area (Å²) >= 11 is 0. The molecule has 0 saturated heterocycles. The molecule has 1 aromatic heterocycles. The van der Waals surface area contributed by atoms with Gasteiger partial charge in [-0.2, -0.15) is 5.10 Å². The predicted molar refractivity (Wildman–Crippen MR) is 81.0 cm³/mol. The average molecular weight is 353 g/mol. The maximum absolute atomic E-state index is 14.0. The largest absolute Gasteiger partial charge is 0.245 e. The van der Waals surface area contributed by atoms with E-state index in [9.17, 15) is 22.0 Å². The monoisotopic (exact) mass is 353 g/mol. The topological polar surface area (TPSA) is 30.7 Å². The van der Waals surface area contributed by atoms with Crippen molar-refractivity contribution in [2.24, 2.45) is 0 Å². The standard InChI is InChI=1S/C17H12F5N3/c1-2-8-25-17(9-6-4-3-5-7-9)23-16(24-25)10-11(18)13(20)15(22)14(21)12(10)19/h3-7H,2,8H2,1H3. The highest BCUT2D eigenvalue weighted by molar-refractivity contribution is 5.63. The maximum Gasteiger partial charge on any atom is 0.200 e. The van der Waals surface area contributed by atoms with Gasteiger partial charge in [0, 0.05) is 12.1 Å². The van der Waals surface area contributed by atoms with Crippen molar-refractivity contribution in [3.05, 3.63) is 59.4 Å². The Labute approximate surface area is 139 Å². The zero-order valence-electron chi connectivity index (χ0n) is 13.0. The summed E-state index contributed by atoms with van der Waals surface area (Å²) in [6.45, 7) is 2.22. The molecule has 25 heavy (non-hydrogen) atoms. The van der Waals surface area contributed by atoms with E-state index in [1.54, 1.807) is 30.3 Å². The number of hydrogen-bond donors (Lipinski definition) is 0. The molecule has 0 N–H and O–H groups in total. The molecule has 0 saturated carbocycles. The summed E-state index contributed by atoms with van der Waals surface area (Å²) in [6.07, 6.45) is 0.639. The van der Waals surface area contributed by atoms with Gasteiger partial charge in [-0.1, -0.05) is 37.3 Å². The number of rotatable bonds is 4. The third kappa shape index (κ3) is 2.88. The van der Waals surface area contributed by atoms with E-state index in [0.717, 1.165) is 0 Å². The Morgan fingerprint density at radius 1 is 0.840 bits per heavy atom. The average Bonchev–Trinajstić information content (AvgIpc) is 3.03. The van der Waals surface area contributed by atoms with E-state index in [2.05, 4.69) is 10.1 Å². The lowest BCUT2D eigenvalue weighted by molar-refractivity contribution is 0.380. The van der Waals surface area contributed by atoms with Gasteiger partial charge in [0.15, 0.2) is 34.9 Å². The molecule has 8 heteroatoms. The molecule has 0 fully saturated rings. The highest BCUT2D eigenvalue weighted by atomic mass is 19.2. The quantitative estimate of drug-likeness (QED) is 0.386. The highest BCUT2D eigenvalue weighted by Gasteiger charge is 2.29. The second-order valence-electron chi connectivity index (χ2n) is 5.29. The van der Waals surface area contributed by atoms with E-state index in [1.165, 1.54) is 4.68 Å². The predicted octanol–water partition coefficient (Wildman–Crippen LogP) is 4.72. The summed E-state index contributed by atoms with van der Waals surface area (Å²) < 4.78 is 69.5. The molecule has 130 valence electrons. The van der Waals surface area contributed by atoms with E-state index in [1.807, 2.05) is 6.92 Å². The fourth-order valence-electron chi connectivity index (χ4n) is 2.42. The summed E-state index contributed by atoms with van der Waals surface area (Å²) in [5, 5.41) is 3.95. The second kappa shape index (κ2) is 6.62. The lowest BCUT2D eigenvalue weighted by Gasteiger charge is -2.04. The van der Waals surface area contributed by atoms with E-state index >= 15 is 0 Å². The van der Waals surface area contributed by atoms with Crippen molar-refractivity contribution in [3.63, 3.8) is 0 Å². The lowest BCUT2D eigenvalue weighted by atomic mass is 10.1. The van der Waals surface area contributed by atoms with Crippen molar-refractivity contribution < 1.29 is 22.0 Å². The SMILES string of the molecule is CCCn1nc(-c2c(F)c(F)c(F)c(F)c2F)nc1-c1ccccc1. The van der Waals surface area contributed by atoms with E-state index < -0.39 is 40.5 Å². The zero-order valence-corrected chi connectivity index (χ0v) is 13.0. The fraction of sp³-hybridized carbons (Fsp3) is 0.176. The molecular weight excluding hydrogens is 341 g/mol. The van der Waals surface area contributed by atoms with E-state index in [-0.39, 0.29) is 5.82 Å². The van der Waals surface area contributed by atoms with Crippen LogP contribution in [-0.2, 0) is 6.54 Å². The van der Waals surface area contributed by atoms with Gasteiger partial charge in [-0.3, -0.25) is 0 Å². The van der Waals surface area contributed by atoms with Crippen molar-refractivity contribution in [1.29, 1.82) is 0 Å². The third-order valence-electron chi connectivity index (χ3n) is 3.57. The van der Waals surface area contributed by atoms with Crippen LogP contribution in [0.15, 0.2) is 30.3 Å². The first-order valence-corrected chi connectivity index (χ1v) is 7.47. The van der Waals surface area contributed by atoms with E-state index in [0.29, 0.717) is 18.5 Å². The van der Waals surface area contributed by atoms with Crippen LogP contribution in [0.5, 0.6) is 0 Å². The molecule has 0 aliphatic rings. The van der Waals surface area contributed by atoms with Crippen LogP contribution in [-0.4, -0.2) is 14.8 Å². The minimum absolute atomic E-state index is 0.279. The molecule has 0 amide bonds. The Morgan fingerprint density at radius 2 is 1.40 bits per heavy atom. The number of nitrogens with zero attached hydrogens (tertiary/aromatic N) is 3. The van der Waals surface area contributed by atoms with Gasteiger partial charge in [0.05, 0.1) is 5.56 Å². The first kappa shape index (κ1) is 17.1. The number of aromatic nitrogens is 3. The molecule has 0 aliphatic heterocycles. The highest BCUT2D eigenvalue weighted by Crippen LogP contribution is 2.31. The van der Waals surface area contributed by atoms with Crippen LogP contribution in [0.3, 0.4) is 0 Å². The van der Waals surface area contributed by atoms with Crippen molar-refractivity contribution in [2.75, 3.05) is 0 Å². The van der Waals surface area contributed by atoms with Crippen LogP contribution in [0.25, 0.3) is 22.8 Å². The Morgan fingerprint density at radius 3 is 1.96 bits per heavy atom. The molecule has 0 radical (unpaired) electrons. The molecule has 0 unspecified atom stereocenters. The number of hydrogen-bond acceptors (Lipinski definition) is 2. The minimum atomic E-state index is -2.21. The fourth-order valence-corrected chi connectivity index (χ4v) is 2.42. The van der Waals surface area contributed by atoms with Gasteiger partial charge in [-0.05, 0) is 6.42 Å². The van der Waals surface area contributed by atoms with Gasteiger partial charge in [-0.25, -0.2) is 31.6 Å². The molecule has 1 heterocycles. The van der Waals surface area contributed by atoms with Crippen molar-refractivity contribution >= 4 is 0 Å². The molecule has 0 spiro atoms. The van der Waals surface area contributed by atoms with Gasteiger partial charge < -0.3 is 0 Å². The number of halogens is 5. The zero-order chi connectivity index (χ0) is 18.1. The van der Waals surface area contributed by atoms with Crippen LogP contribution in [0, 0.1) is 29.1 Å². The molecule has 2 aromatic carbocycles. The summed E-state index contributed by atoms with van der Waals surface area (Å²) in [4.78, 5) is 4.02. The summed E-state index contributed by atoms with van der Waals surface area (Å²) in [5.74, 6) is -10.4. The molecule has 0 aliphatic carbocycles. The summed E-state index contributed by atoms with van der Waals surface area (Å²) in [6, 6.07) is 8.66. The smallest absolute Gasteiger partial charge is 0.200 e. The van der Waals surface area contributed by atoms with Gasteiger partial charge in [-0.15, -0.1) is 0 Å². The van der Waals surface area contributed by atoms with Gasteiger partial charge in [0.25, 0.3) is 0 Å². The molecule has 3 rings (SSSR count). The Kier molecular flexibility index (Phi) is 4.52. The van der Waals surface area contributed by atoms with Crippen LogP contribution in [0.2, 0.25) is 0 Å². The van der Waals surface area contributed by atoms with Crippen LogP contribution in [0.1, 0.15) is 13.3 Å². The Bertz CT molecular complexity index is 893. The van der Waals surface area contributed by atoms with Crippen molar-refractivity contribution in [1.82, 2.24) is 14.8 Å². The van der Waals surface area contributed by atoms with Crippen molar-refractivity contribution in [2.45, 2.75) is 19.9 Å². The Balaban J connectivity index is 2.23. The third-order valence-corrected chi connectivity index (χ3v) is 3.57. The van der Waals surface area contributed by atoms with Gasteiger partial charge >= 0.3 is 0 Å². The van der Waals surface area contributed by atoms with E-state index in [4.69, 9.17) is 0 Å². The summed E-state index contributed by atoms with van der Waals surface area (Å²) in [7, 11) is 0.